The molecular weight excluding hydrogens is 232 g/mol. The third-order valence-electron chi connectivity index (χ3n) is 1.95. The molecule has 7 heteroatoms. The van der Waals surface area contributed by atoms with Crippen molar-refractivity contribution in [1.29, 1.82) is 5.26 Å². The average molecular weight is 252 g/mol. The molecule has 0 aromatic heterocycles. The standard InChI is InChI=1S/C11H20N6O/c1-11(2,3)16-10(18)7-9(8-12)14-5-4-6-15-17-13/h9,14H,4-7H2,1-3H3,(H,16,18). The van der Waals surface area contributed by atoms with E-state index in [1.54, 1.807) is 0 Å². The van der Waals surface area contributed by atoms with Gasteiger partial charge in [-0.3, -0.25) is 4.79 Å². The second kappa shape index (κ2) is 8.34. The Morgan fingerprint density at radius 3 is 2.72 bits per heavy atom. The Hall–Kier alpha value is -1.77. The van der Waals surface area contributed by atoms with Gasteiger partial charge >= 0.3 is 0 Å². The highest BCUT2D eigenvalue weighted by atomic mass is 16.1. The van der Waals surface area contributed by atoms with E-state index in [1.165, 1.54) is 0 Å². The maximum Gasteiger partial charge on any atom is 0.223 e. The summed E-state index contributed by atoms with van der Waals surface area (Å²) in [5.74, 6) is -0.156. The molecule has 0 spiro atoms. The van der Waals surface area contributed by atoms with Crippen molar-refractivity contribution in [1.82, 2.24) is 10.6 Å². The second-order valence-corrected chi connectivity index (χ2v) is 4.95. The van der Waals surface area contributed by atoms with Gasteiger partial charge in [-0.05, 0) is 39.3 Å². The van der Waals surface area contributed by atoms with Gasteiger partial charge in [0.15, 0.2) is 0 Å². The van der Waals surface area contributed by atoms with Gasteiger partial charge in [-0.15, -0.1) is 0 Å². The fourth-order valence-electron chi connectivity index (χ4n) is 1.29. The number of amides is 1. The average Bonchev–Trinajstić information content (AvgIpc) is 2.24. The lowest BCUT2D eigenvalue weighted by molar-refractivity contribution is -0.122. The summed E-state index contributed by atoms with van der Waals surface area (Å²) >= 11 is 0. The van der Waals surface area contributed by atoms with Crippen LogP contribution in [0.4, 0.5) is 0 Å². The molecule has 0 aliphatic heterocycles. The van der Waals surface area contributed by atoms with Gasteiger partial charge in [-0.1, -0.05) is 5.11 Å². The molecule has 1 atom stereocenters. The number of nitrogens with zero attached hydrogens (tertiary/aromatic N) is 4. The molecule has 18 heavy (non-hydrogen) atoms. The molecule has 100 valence electrons. The predicted molar refractivity (Wildman–Crippen MR) is 68.5 cm³/mol. The Bertz CT molecular complexity index is 348. The van der Waals surface area contributed by atoms with Crippen molar-refractivity contribution < 1.29 is 4.79 Å². The highest BCUT2D eigenvalue weighted by Gasteiger charge is 2.17. The van der Waals surface area contributed by atoms with Gasteiger partial charge in [0.05, 0.1) is 12.5 Å². The summed E-state index contributed by atoms with van der Waals surface area (Å²) in [4.78, 5) is 14.2. The van der Waals surface area contributed by atoms with E-state index in [0.29, 0.717) is 19.5 Å². The SMILES string of the molecule is CC(C)(C)NC(=O)CC(C#N)NCCCN=[N+]=[N-]. The molecule has 0 aliphatic carbocycles. The van der Waals surface area contributed by atoms with Gasteiger partial charge in [0.1, 0.15) is 6.04 Å². The zero-order chi connectivity index (χ0) is 14.0. The summed E-state index contributed by atoms with van der Waals surface area (Å²) in [6.45, 7) is 6.59. The van der Waals surface area contributed by atoms with Crippen LogP contribution in [0, 0.1) is 11.3 Å². The number of carbonyl (C=O) groups is 1. The molecule has 0 fully saturated rings. The summed E-state index contributed by atoms with van der Waals surface area (Å²) in [5, 5.41) is 18.0. The van der Waals surface area contributed by atoms with Gasteiger partial charge in [-0.25, -0.2) is 0 Å². The number of nitriles is 1. The van der Waals surface area contributed by atoms with Crippen LogP contribution in [0.2, 0.25) is 0 Å². The molecule has 0 radical (unpaired) electrons. The largest absolute Gasteiger partial charge is 0.351 e. The lowest BCUT2D eigenvalue weighted by Crippen LogP contribution is -2.43. The van der Waals surface area contributed by atoms with Gasteiger partial charge in [0, 0.05) is 17.0 Å². The zero-order valence-corrected chi connectivity index (χ0v) is 11.1. The lowest BCUT2D eigenvalue weighted by atomic mass is 10.1. The molecule has 0 bridgehead atoms. The minimum atomic E-state index is -0.515. The molecule has 1 unspecified atom stereocenters. The van der Waals surface area contributed by atoms with Crippen LogP contribution in [0.25, 0.3) is 10.4 Å². The topological polar surface area (TPSA) is 114 Å². The monoisotopic (exact) mass is 252 g/mol. The van der Waals surface area contributed by atoms with Crippen molar-refractivity contribution in [2.75, 3.05) is 13.1 Å². The van der Waals surface area contributed by atoms with Crippen LogP contribution < -0.4 is 10.6 Å². The van der Waals surface area contributed by atoms with E-state index in [0.717, 1.165) is 0 Å². The second-order valence-electron chi connectivity index (χ2n) is 4.95. The quantitative estimate of drug-likeness (QED) is 0.309. The number of carbonyl (C=O) groups excluding carboxylic acids is 1. The number of hydrogen-bond acceptors (Lipinski definition) is 4. The molecule has 0 aliphatic rings. The Morgan fingerprint density at radius 2 is 2.22 bits per heavy atom. The van der Waals surface area contributed by atoms with Gasteiger partial charge < -0.3 is 10.6 Å². The third-order valence-corrected chi connectivity index (χ3v) is 1.95. The fourth-order valence-corrected chi connectivity index (χ4v) is 1.29. The first-order valence-electron chi connectivity index (χ1n) is 5.84. The number of rotatable bonds is 7. The van der Waals surface area contributed by atoms with Crippen LogP contribution in [0.5, 0.6) is 0 Å². The number of nitrogens with one attached hydrogen (secondary N) is 2. The van der Waals surface area contributed by atoms with Crippen molar-refractivity contribution >= 4 is 5.91 Å². The van der Waals surface area contributed by atoms with Crippen molar-refractivity contribution in [3.05, 3.63) is 10.4 Å². The lowest BCUT2D eigenvalue weighted by Gasteiger charge is -2.21. The van der Waals surface area contributed by atoms with Gasteiger partial charge in [0.25, 0.3) is 0 Å². The molecule has 0 rings (SSSR count). The van der Waals surface area contributed by atoms with Crippen molar-refractivity contribution in [3.8, 4) is 6.07 Å². The van der Waals surface area contributed by atoms with E-state index in [4.69, 9.17) is 10.8 Å². The summed E-state index contributed by atoms with van der Waals surface area (Å²) in [6.07, 6.45) is 0.762. The van der Waals surface area contributed by atoms with Gasteiger partial charge in [-0.2, -0.15) is 5.26 Å². The Kier molecular flexibility index (Phi) is 7.52. The molecule has 0 saturated heterocycles. The van der Waals surface area contributed by atoms with E-state index in [1.807, 2.05) is 26.8 Å². The number of azide groups is 1. The van der Waals surface area contributed by atoms with Crippen molar-refractivity contribution in [2.45, 2.75) is 45.2 Å². The first-order valence-corrected chi connectivity index (χ1v) is 5.84. The molecule has 2 N–H and O–H groups in total. The molecular formula is C11H20N6O. The van der Waals surface area contributed by atoms with E-state index in [9.17, 15) is 4.79 Å². The molecule has 0 saturated carbocycles. The minimum Gasteiger partial charge on any atom is -0.351 e. The molecule has 1 amide bonds. The smallest absolute Gasteiger partial charge is 0.223 e. The summed E-state index contributed by atoms with van der Waals surface area (Å²) in [6, 6.07) is 1.52. The van der Waals surface area contributed by atoms with Crippen LogP contribution in [0.15, 0.2) is 5.11 Å². The molecule has 7 nitrogen and oxygen atoms in total. The van der Waals surface area contributed by atoms with Crippen molar-refractivity contribution in [2.24, 2.45) is 5.11 Å². The summed E-state index contributed by atoms with van der Waals surface area (Å²) < 4.78 is 0. The van der Waals surface area contributed by atoms with Crippen LogP contribution in [-0.2, 0) is 4.79 Å². The van der Waals surface area contributed by atoms with Crippen LogP contribution in [0.3, 0.4) is 0 Å². The fraction of sp³-hybridized carbons (Fsp3) is 0.818. The molecule has 0 aromatic carbocycles. The first kappa shape index (κ1) is 16.2. The van der Waals surface area contributed by atoms with Crippen LogP contribution in [-0.4, -0.2) is 30.6 Å². The highest BCUT2D eigenvalue weighted by Crippen LogP contribution is 2.00. The maximum absolute atomic E-state index is 11.6. The molecule has 0 heterocycles. The summed E-state index contributed by atoms with van der Waals surface area (Å²) in [7, 11) is 0. The minimum absolute atomic E-state index is 0.120. The summed E-state index contributed by atoms with van der Waals surface area (Å²) in [5.41, 5.74) is 7.79. The van der Waals surface area contributed by atoms with E-state index in [-0.39, 0.29) is 17.9 Å². The van der Waals surface area contributed by atoms with Crippen molar-refractivity contribution in [3.63, 3.8) is 0 Å². The number of hydrogen-bond donors (Lipinski definition) is 2. The van der Waals surface area contributed by atoms with Crippen LogP contribution in [0.1, 0.15) is 33.6 Å². The Morgan fingerprint density at radius 1 is 1.56 bits per heavy atom. The molecule has 0 aromatic rings. The van der Waals surface area contributed by atoms with E-state index >= 15 is 0 Å². The Labute approximate surface area is 107 Å². The predicted octanol–water partition coefficient (Wildman–Crippen LogP) is 1.47. The maximum atomic E-state index is 11.6. The van der Waals surface area contributed by atoms with Gasteiger partial charge in [0.2, 0.25) is 5.91 Å². The first-order chi connectivity index (χ1) is 8.39. The van der Waals surface area contributed by atoms with E-state index in [2.05, 4.69) is 20.7 Å². The normalized spacial score (nSPS) is 12.1. The third kappa shape index (κ3) is 9.46. The Balaban J connectivity index is 3.94. The van der Waals surface area contributed by atoms with Crippen LogP contribution >= 0.6 is 0 Å². The zero-order valence-electron chi connectivity index (χ0n) is 11.1. The van der Waals surface area contributed by atoms with E-state index < -0.39 is 6.04 Å². The highest BCUT2D eigenvalue weighted by molar-refractivity contribution is 5.77.